The fraction of sp³-hybridized carbons (Fsp3) is 0.500. The Hall–Kier alpha value is -2.57. The molecule has 7 heteroatoms. The number of likely N-dealkylation sites (tertiary alicyclic amines) is 1. The lowest BCUT2D eigenvalue weighted by atomic mass is 9.91. The molecule has 0 spiro atoms. The first-order valence-corrected chi connectivity index (χ1v) is 8.42. The van der Waals surface area contributed by atoms with Gasteiger partial charge in [0.2, 0.25) is 11.8 Å². The van der Waals surface area contributed by atoms with Crippen LogP contribution in [0.2, 0.25) is 0 Å². The zero-order valence-electron chi connectivity index (χ0n) is 15.0. The fourth-order valence-electron chi connectivity index (χ4n) is 2.94. The maximum atomic E-state index is 12.6. The van der Waals surface area contributed by atoms with Crippen LogP contribution in [-0.2, 0) is 9.59 Å². The fourth-order valence-corrected chi connectivity index (χ4v) is 2.94. The molecule has 136 valence electrons. The van der Waals surface area contributed by atoms with E-state index < -0.39 is 12.1 Å². The first-order chi connectivity index (χ1) is 11.7. The molecule has 1 aliphatic rings. The molecule has 0 bridgehead atoms. The number of nitrogens with one attached hydrogen (secondary N) is 2. The number of urea groups is 1. The van der Waals surface area contributed by atoms with Gasteiger partial charge in [0.25, 0.3) is 0 Å². The van der Waals surface area contributed by atoms with Gasteiger partial charge in [0.15, 0.2) is 0 Å². The second-order valence-corrected chi connectivity index (χ2v) is 7.54. The van der Waals surface area contributed by atoms with Crippen LogP contribution in [0.3, 0.4) is 0 Å². The predicted molar refractivity (Wildman–Crippen MR) is 97.1 cm³/mol. The van der Waals surface area contributed by atoms with E-state index in [1.165, 1.54) is 0 Å². The number of hydrogen-bond donors (Lipinski definition) is 3. The van der Waals surface area contributed by atoms with Gasteiger partial charge in [0.1, 0.15) is 6.04 Å². The van der Waals surface area contributed by atoms with Gasteiger partial charge >= 0.3 is 6.03 Å². The average molecular weight is 346 g/mol. The summed E-state index contributed by atoms with van der Waals surface area (Å²) in [6.07, 6.45) is 1.88. The molecule has 1 atom stereocenters. The van der Waals surface area contributed by atoms with Crippen LogP contribution in [0, 0.1) is 5.41 Å². The molecule has 1 aliphatic heterocycles. The molecular weight excluding hydrogens is 320 g/mol. The highest BCUT2D eigenvalue weighted by atomic mass is 16.2. The van der Waals surface area contributed by atoms with Crippen LogP contribution in [0.5, 0.6) is 0 Å². The van der Waals surface area contributed by atoms with Gasteiger partial charge in [0, 0.05) is 24.3 Å². The largest absolute Gasteiger partial charge is 0.351 e. The van der Waals surface area contributed by atoms with Crippen molar-refractivity contribution in [3.8, 4) is 0 Å². The first-order valence-electron chi connectivity index (χ1n) is 8.42. The summed E-state index contributed by atoms with van der Waals surface area (Å²) in [5.74, 6) is -0.203. The highest BCUT2D eigenvalue weighted by molar-refractivity contribution is 5.98. The molecule has 0 unspecified atom stereocenters. The van der Waals surface area contributed by atoms with Gasteiger partial charge in [-0.3, -0.25) is 9.59 Å². The summed E-state index contributed by atoms with van der Waals surface area (Å²) in [7, 11) is 0. The van der Waals surface area contributed by atoms with Crippen LogP contribution in [0.15, 0.2) is 24.3 Å². The summed E-state index contributed by atoms with van der Waals surface area (Å²) in [6.45, 7) is 6.63. The predicted octanol–water partition coefficient (Wildman–Crippen LogP) is 2.54. The molecule has 7 nitrogen and oxygen atoms in total. The smallest absolute Gasteiger partial charge is 0.316 e. The number of carbonyl (C=O) groups is 3. The monoisotopic (exact) mass is 346 g/mol. The van der Waals surface area contributed by atoms with Gasteiger partial charge in [-0.2, -0.15) is 0 Å². The van der Waals surface area contributed by atoms with Crippen molar-refractivity contribution in [3.63, 3.8) is 0 Å². The van der Waals surface area contributed by atoms with Crippen molar-refractivity contribution in [2.24, 2.45) is 11.1 Å². The van der Waals surface area contributed by atoms with Gasteiger partial charge in [0.05, 0.1) is 0 Å². The van der Waals surface area contributed by atoms with Crippen LogP contribution < -0.4 is 16.4 Å². The standard InChI is InChI=1S/C18H26N4O3/c1-18(2,3)11-15(23)22-9-5-8-14(22)16(24)20-12-6-4-7-13(10-12)21-17(19)25/h4,6-7,10,14H,5,8-9,11H2,1-3H3,(H,20,24)(H3,19,21,25)/t14-/m0/s1. The Morgan fingerprint density at radius 1 is 1.20 bits per heavy atom. The molecule has 1 heterocycles. The number of benzene rings is 1. The molecule has 4 amide bonds. The summed E-state index contributed by atoms with van der Waals surface area (Å²) in [4.78, 5) is 37.7. The van der Waals surface area contributed by atoms with Crippen molar-refractivity contribution in [3.05, 3.63) is 24.3 Å². The minimum atomic E-state index is -0.668. The highest BCUT2D eigenvalue weighted by Crippen LogP contribution is 2.25. The Kier molecular flexibility index (Phi) is 5.66. The number of amides is 4. The number of rotatable bonds is 4. The summed E-state index contributed by atoms with van der Waals surface area (Å²) < 4.78 is 0. The molecule has 0 radical (unpaired) electrons. The lowest BCUT2D eigenvalue weighted by Gasteiger charge is -2.27. The third-order valence-electron chi connectivity index (χ3n) is 3.95. The summed E-state index contributed by atoms with van der Waals surface area (Å²) >= 11 is 0. The third kappa shape index (κ3) is 5.48. The lowest BCUT2D eigenvalue weighted by molar-refractivity contribution is -0.138. The van der Waals surface area contributed by atoms with Crippen LogP contribution in [-0.4, -0.2) is 35.3 Å². The Morgan fingerprint density at radius 2 is 1.84 bits per heavy atom. The molecule has 2 rings (SSSR count). The van der Waals surface area contributed by atoms with E-state index in [4.69, 9.17) is 5.73 Å². The molecular formula is C18H26N4O3. The van der Waals surface area contributed by atoms with Gasteiger partial charge in [-0.05, 0) is 36.5 Å². The minimum Gasteiger partial charge on any atom is -0.351 e. The number of primary amides is 1. The lowest BCUT2D eigenvalue weighted by Crippen LogP contribution is -2.44. The van der Waals surface area contributed by atoms with Crippen LogP contribution in [0.1, 0.15) is 40.0 Å². The molecule has 1 saturated heterocycles. The molecule has 0 aromatic heterocycles. The summed E-state index contributed by atoms with van der Waals surface area (Å²) in [5.41, 5.74) is 6.03. The third-order valence-corrected chi connectivity index (χ3v) is 3.95. The molecule has 1 fully saturated rings. The summed E-state index contributed by atoms with van der Waals surface area (Å²) in [5, 5.41) is 5.28. The van der Waals surface area contributed by atoms with Gasteiger partial charge in [-0.1, -0.05) is 26.8 Å². The van der Waals surface area contributed by atoms with Crippen molar-refractivity contribution in [1.29, 1.82) is 0 Å². The van der Waals surface area contributed by atoms with Crippen LogP contribution in [0.25, 0.3) is 0 Å². The molecule has 0 aliphatic carbocycles. The van der Waals surface area contributed by atoms with E-state index in [1.807, 2.05) is 20.8 Å². The maximum absolute atomic E-state index is 12.6. The molecule has 1 aromatic rings. The molecule has 4 N–H and O–H groups in total. The Bertz CT molecular complexity index is 667. The molecule has 1 aromatic carbocycles. The molecule has 25 heavy (non-hydrogen) atoms. The second kappa shape index (κ2) is 7.55. The van der Waals surface area contributed by atoms with Gasteiger partial charge in [-0.15, -0.1) is 0 Å². The number of anilines is 2. The van der Waals surface area contributed by atoms with Gasteiger partial charge < -0.3 is 21.3 Å². The van der Waals surface area contributed by atoms with E-state index >= 15 is 0 Å². The van der Waals surface area contributed by atoms with Crippen LogP contribution in [0.4, 0.5) is 16.2 Å². The van der Waals surface area contributed by atoms with E-state index in [1.54, 1.807) is 29.2 Å². The van der Waals surface area contributed by atoms with E-state index in [9.17, 15) is 14.4 Å². The highest BCUT2D eigenvalue weighted by Gasteiger charge is 2.35. The van der Waals surface area contributed by atoms with E-state index in [0.29, 0.717) is 30.8 Å². The SMILES string of the molecule is CC(C)(C)CC(=O)N1CCC[C@H]1C(=O)Nc1cccc(NC(N)=O)c1. The van der Waals surface area contributed by atoms with Crippen molar-refractivity contribution in [1.82, 2.24) is 4.90 Å². The Labute approximate surface area is 147 Å². The van der Waals surface area contributed by atoms with Crippen LogP contribution >= 0.6 is 0 Å². The van der Waals surface area contributed by atoms with Crippen molar-refractivity contribution in [2.45, 2.75) is 46.1 Å². The van der Waals surface area contributed by atoms with E-state index in [-0.39, 0.29) is 17.2 Å². The molecule has 0 saturated carbocycles. The zero-order chi connectivity index (χ0) is 18.6. The second-order valence-electron chi connectivity index (χ2n) is 7.54. The topological polar surface area (TPSA) is 105 Å². The minimum absolute atomic E-state index is 0.00861. The zero-order valence-corrected chi connectivity index (χ0v) is 15.0. The number of carbonyl (C=O) groups excluding carboxylic acids is 3. The van der Waals surface area contributed by atoms with Crippen molar-refractivity contribution >= 4 is 29.2 Å². The number of nitrogens with two attached hydrogens (primary N) is 1. The van der Waals surface area contributed by atoms with E-state index in [0.717, 1.165) is 6.42 Å². The first kappa shape index (κ1) is 18.8. The number of hydrogen-bond acceptors (Lipinski definition) is 3. The van der Waals surface area contributed by atoms with Crippen molar-refractivity contribution in [2.75, 3.05) is 17.2 Å². The quantitative estimate of drug-likeness (QED) is 0.780. The number of nitrogens with zero attached hydrogens (tertiary/aromatic N) is 1. The average Bonchev–Trinajstić information content (AvgIpc) is 2.94. The summed E-state index contributed by atoms with van der Waals surface area (Å²) in [6, 6.07) is 5.60. The normalized spacial score (nSPS) is 17.2. The Balaban J connectivity index is 2.04. The maximum Gasteiger partial charge on any atom is 0.316 e. The Morgan fingerprint density at radius 3 is 2.44 bits per heavy atom. The van der Waals surface area contributed by atoms with Crippen molar-refractivity contribution < 1.29 is 14.4 Å². The van der Waals surface area contributed by atoms with Gasteiger partial charge in [-0.25, -0.2) is 4.79 Å². The van der Waals surface area contributed by atoms with E-state index in [2.05, 4.69) is 10.6 Å².